The molecule has 0 radical (unpaired) electrons. The highest BCUT2D eigenvalue weighted by molar-refractivity contribution is 5.94. The van der Waals surface area contributed by atoms with Crippen molar-refractivity contribution < 1.29 is 13.9 Å². The van der Waals surface area contributed by atoms with Crippen molar-refractivity contribution in [3.63, 3.8) is 0 Å². The average Bonchev–Trinajstić information content (AvgIpc) is 3.16. The van der Waals surface area contributed by atoms with Gasteiger partial charge in [0.1, 0.15) is 23.4 Å². The molecule has 28 heavy (non-hydrogen) atoms. The van der Waals surface area contributed by atoms with E-state index in [0.717, 1.165) is 16.9 Å². The van der Waals surface area contributed by atoms with E-state index in [1.165, 1.54) is 12.1 Å². The summed E-state index contributed by atoms with van der Waals surface area (Å²) in [6.45, 7) is 3.55. The molecule has 144 valence electrons. The van der Waals surface area contributed by atoms with Crippen LogP contribution < -0.4 is 15.4 Å². The lowest BCUT2D eigenvalue weighted by molar-refractivity contribution is 0.0900. The molecular formula is C21H21FN4O2. The Bertz CT molecular complexity index is 984. The van der Waals surface area contributed by atoms with E-state index < -0.39 is 0 Å². The van der Waals surface area contributed by atoms with Gasteiger partial charge in [0, 0.05) is 17.7 Å². The van der Waals surface area contributed by atoms with Gasteiger partial charge in [-0.25, -0.2) is 9.07 Å². The van der Waals surface area contributed by atoms with Gasteiger partial charge in [0.2, 0.25) is 0 Å². The quantitative estimate of drug-likeness (QED) is 0.690. The standard InChI is InChI=1S/C21H21FN4O2/c1-2-28-19-6-4-3-5-15(19)12-23-20-13-24-21(27)18-11-17(25-26(18)20)14-7-9-16(22)10-8-14/h3-11,20,23H,2,12-13H2,1H3,(H,24,27). The van der Waals surface area contributed by atoms with Crippen molar-refractivity contribution in [3.05, 3.63) is 71.7 Å². The number of benzene rings is 2. The molecule has 7 heteroatoms. The van der Waals surface area contributed by atoms with Crippen molar-refractivity contribution in [2.75, 3.05) is 13.2 Å². The third-order valence-corrected chi connectivity index (χ3v) is 4.66. The Morgan fingerprint density at radius 2 is 2.04 bits per heavy atom. The van der Waals surface area contributed by atoms with E-state index in [1.54, 1.807) is 22.9 Å². The summed E-state index contributed by atoms with van der Waals surface area (Å²) in [4.78, 5) is 12.3. The van der Waals surface area contributed by atoms with E-state index in [2.05, 4.69) is 15.7 Å². The van der Waals surface area contributed by atoms with Crippen LogP contribution in [0.15, 0.2) is 54.6 Å². The van der Waals surface area contributed by atoms with Crippen molar-refractivity contribution in [3.8, 4) is 17.0 Å². The Morgan fingerprint density at radius 3 is 2.82 bits per heavy atom. The number of para-hydroxylation sites is 1. The zero-order valence-corrected chi connectivity index (χ0v) is 15.5. The van der Waals surface area contributed by atoms with Crippen molar-refractivity contribution in [2.45, 2.75) is 19.6 Å². The van der Waals surface area contributed by atoms with Gasteiger partial charge in [-0.1, -0.05) is 18.2 Å². The molecule has 1 aliphatic heterocycles. The van der Waals surface area contributed by atoms with Crippen molar-refractivity contribution >= 4 is 5.91 Å². The number of carbonyl (C=O) groups is 1. The van der Waals surface area contributed by atoms with Gasteiger partial charge in [0.05, 0.1) is 18.8 Å². The third kappa shape index (κ3) is 3.61. The summed E-state index contributed by atoms with van der Waals surface area (Å²) in [5, 5.41) is 10.9. The fourth-order valence-electron chi connectivity index (χ4n) is 3.26. The number of aromatic nitrogens is 2. The molecule has 1 amide bonds. The lowest BCUT2D eigenvalue weighted by atomic mass is 10.1. The Hall–Kier alpha value is -3.19. The van der Waals surface area contributed by atoms with Gasteiger partial charge in [0.25, 0.3) is 5.91 Å². The van der Waals surface area contributed by atoms with Crippen LogP contribution in [0, 0.1) is 5.82 Å². The zero-order valence-electron chi connectivity index (χ0n) is 15.5. The van der Waals surface area contributed by atoms with Crippen LogP contribution in [-0.2, 0) is 6.54 Å². The van der Waals surface area contributed by atoms with Gasteiger partial charge in [-0.2, -0.15) is 5.10 Å². The maximum absolute atomic E-state index is 13.2. The first-order valence-corrected chi connectivity index (χ1v) is 9.23. The number of nitrogens with one attached hydrogen (secondary N) is 2. The maximum Gasteiger partial charge on any atom is 0.269 e. The minimum absolute atomic E-state index is 0.173. The summed E-state index contributed by atoms with van der Waals surface area (Å²) < 4.78 is 20.6. The molecule has 0 spiro atoms. The molecule has 1 atom stereocenters. The molecule has 0 bridgehead atoms. The highest BCUT2D eigenvalue weighted by Crippen LogP contribution is 2.24. The van der Waals surface area contributed by atoms with Crippen LogP contribution in [-0.4, -0.2) is 28.8 Å². The van der Waals surface area contributed by atoms with Gasteiger partial charge in [-0.3, -0.25) is 10.1 Å². The number of ether oxygens (including phenoxy) is 1. The van der Waals surface area contributed by atoms with Crippen LogP contribution in [0.4, 0.5) is 4.39 Å². The first-order chi connectivity index (χ1) is 13.7. The van der Waals surface area contributed by atoms with Crippen LogP contribution in [0.2, 0.25) is 0 Å². The number of rotatable bonds is 6. The van der Waals surface area contributed by atoms with Crippen LogP contribution in [0.5, 0.6) is 5.75 Å². The van der Waals surface area contributed by atoms with Crippen molar-refractivity contribution in [2.24, 2.45) is 0 Å². The van der Waals surface area contributed by atoms with Gasteiger partial charge < -0.3 is 10.1 Å². The zero-order chi connectivity index (χ0) is 19.5. The molecule has 0 aliphatic carbocycles. The Kier molecular flexibility index (Phi) is 5.08. The van der Waals surface area contributed by atoms with E-state index in [-0.39, 0.29) is 17.9 Å². The SMILES string of the molecule is CCOc1ccccc1CNC1CNC(=O)c2cc(-c3ccc(F)cc3)nn21. The molecule has 1 aliphatic rings. The minimum Gasteiger partial charge on any atom is -0.494 e. The second-order valence-corrected chi connectivity index (χ2v) is 6.51. The number of amides is 1. The molecule has 0 fully saturated rings. The molecule has 1 aromatic heterocycles. The van der Waals surface area contributed by atoms with E-state index >= 15 is 0 Å². The van der Waals surface area contributed by atoms with E-state index in [9.17, 15) is 9.18 Å². The predicted octanol–water partition coefficient (Wildman–Crippen LogP) is 3.12. The largest absolute Gasteiger partial charge is 0.494 e. The molecule has 3 aromatic rings. The second-order valence-electron chi connectivity index (χ2n) is 6.51. The first kappa shape index (κ1) is 18.2. The van der Waals surface area contributed by atoms with Crippen molar-refractivity contribution in [1.82, 2.24) is 20.4 Å². The van der Waals surface area contributed by atoms with Gasteiger partial charge in [-0.15, -0.1) is 0 Å². The van der Waals surface area contributed by atoms with Crippen LogP contribution >= 0.6 is 0 Å². The number of halogens is 1. The van der Waals surface area contributed by atoms with E-state index in [4.69, 9.17) is 4.74 Å². The molecule has 6 nitrogen and oxygen atoms in total. The number of hydrogen-bond acceptors (Lipinski definition) is 4. The van der Waals surface area contributed by atoms with Gasteiger partial charge in [0.15, 0.2) is 0 Å². The average molecular weight is 380 g/mol. The van der Waals surface area contributed by atoms with Crippen LogP contribution in [0.3, 0.4) is 0 Å². The monoisotopic (exact) mass is 380 g/mol. The third-order valence-electron chi connectivity index (χ3n) is 4.66. The molecule has 2 heterocycles. The number of fused-ring (bicyclic) bond motifs is 1. The smallest absolute Gasteiger partial charge is 0.269 e. The van der Waals surface area contributed by atoms with Gasteiger partial charge >= 0.3 is 0 Å². The number of nitrogens with zero attached hydrogens (tertiary/aromatic N) is 2. The van der Waals surface area contributed by atoms with Gasteiger partial charge in [-0.05, 0) is 43.3 Å². The topological polar surface area (TPSA) is 68.2 Å². The Morgan fingerprint density at radius 1 is 1.25 bits per heavy atom. The highest BCUT2D eigenvalue weighted by Gasteiger charge is 2.27. The maximum atomic E-state index is 13.2. The minimum atomic E-state index is -0.307. The second kappa shape index (κ2) is 7.82. The molecule has 2 aromatic carbocycles. The van der Waals surface area contributed by atoms with E-state index in [1.807, 2.05) is 31.2 Å². The molecule has 4 rings (SSSR count). The highest BCUT2D eigenvalue weighted by atomic mass is 19.1. The summed E-state index contributed by atoms with van der Waals surface area (Å²) in [7, 11) is 0. The lowest BCUT2D eigenvalue weighted by Crippen LogP contribution is -2.45. The lowest BCUT2D eigenvalue weighted by Gasteiger charge is -2.26. The summed E-state index contributed by atoms with van der Waals surface area (Å²) in [6.07, 6.45) is -0.198. The van der Waals surface area contributed by atoms with E-state index in [0.29, 0.717) is 31.1 Å². The molecule has 1 unspecified atom stereocenters. The number of carbonyl (C=O) groups excluding carboxylic acids is 1. The summed E-state index contributed by atoms with van der Waals surface area (Å²) in [5.41, 5.74) is 2.90. The van der Waals surface area contributed by atoms with Crippen LogP contribution in [0.25, 0.3) is 11.3 Å². The first-order valence-electron chi connectivity index (χ1n) is 9.23. The summed E-state index contributed by atoms with van der Waals surface area (Å²) in [5.74, 6) is 0.358. The molecule has 0 saturated carbocycles. The van der Waals surface area contributed by atoms with Crippen LogP contribution in [0.1, 0.15) is 29.1 Å². The fourth-order valence-corrected chi connectivity index (χ4v) is 3.26. The summed E-state index contributed by atoms with van der Waals surface area (Å²) >= 11 is 0. The molecular weight excluding hydrogens is 359 g/mol. The van der Waals surface area contributed by atoms with Crippen molar-refractivity contribution in [1.29, 1.82) is 0 Å². The molecule has 0 saturated heterocycles. The number of hydrogen-bond donors (Lipinski definition) is 2. The fraction of sp³-hybridized carbons (Fsp3) is 0.238. The Balaban J connectivity index is 1.57. The molecule has 2 N–H and O–H groups in total. The predicted molar refractivity (Wildman–Crippen MR) is 103 cm³/mol. The normalized spacial score (nSPS) is 15.8. The Labute approximate surface area is 162 Å². The summed E-state index contributed by atoms with van der Waals surface area (Å²) in [6, 6.07) is 15.7.